The molecule has 1 N–H and O–H groups in total. The molecular formula is C14H14N4O2S3. The number of hydrogen-bond acceptors (Lipinski definition) is 8. The van der Waals surface area contributed by atoms with Crippen molar-refractivity contribution in [1.29, 1.82) is 0 Å². The van der Waals surface area contributed by atoms with Crippen molar-refractivity contribution < 1.29 is 9.21 Å². The molecule has 0 aliphatic rings. The van der Waals surface area contributed by atoms with Gasteiger partial charge < -0.3 is 9.73 Å². The fraction of sp³-hybridized carbons (Fsp3) is 0.286. The van der Waals surface area contributed by atoms with Crippen molar-refractivity contribution in [3.05, 3.63) is 33.1 Å². The van der Waals surface area contributed by atoms with Gasteiger partial charge in [-0.1, -0.05) is 17.8 Å². The maximum atomic E-state index is 11.8. The summed E-state index contributed by atoms with van der Waals surface area (Å²) in [4.78, 5) is 18.2. The molecule has 0 aliphatic carbocycles. The molecule has 9 heteroatoms. The van der Waals surface area contributed by atoms with Gasteiger partial charge in [-0.25, -0.2) is 4.98 Å². The third-order valence-corrected chi connectivity index (χ3v) is 5.63. The number of thiazole rings is 1. The Morgan fingerprint density at radius 2 is 2.26 bits per heavy atom. The third kappa shape index (κ3) is 4.18. The summed E-state index contributed by atoms with van der Waals surface area (Å²) in [6, 6.07) is 3.95. The van der Waals surface area contributed by atoms with Crippen LogP contribution in [-0.4, -0.2) is 26.8 Å². The third-order valence-electron chi connectivity index (χ3n) is 2.87. The van der Waals surface area contributed by atoms with E-state index in [1.807, 2.05) is 31.4 Å². The van der Waals surface area contributed by atoms with Crippen molar-refractivity contribution in [2.45, 2.75) is 25.6 Å². The van der Waals surface area contributed by atoms with Crippen LogP contribution in [-0.2, 0) is 11.3 Å². The smallest absolute Gasteiger partial charge is 0.277 e. The highest BCUT2D eigenvalue weighted by molar-refractivity contribution is 7.99. The molecule has 0 spiro atoms. The predicted octanol–water partition coefficient (Wildman–Crippen LogP) is 3.28. The Labute approximate surface area is 145 Å². The minimum atomic E-state index is -0.0621. The summed E-state index contributed by atoms with van der Waals surface area (Å²) in [5.74, 6) is 0.635. The normalized spacial score (nSPS) is 10.9. The van der Waals surface area contributed by atoms with Gasteiger partial charge in [-0.3, -0.25) is 4.79 Å². The number of aryl methyl sites for hydroxylation is 2. The second kappa shape index (κ2) is 7.24. The van der Waals surface area contributed by atoms with E-state index in [1.54, 1.807) is 11.3 Å². The zero-order valence-corrected chi connectivity index (χ0v) is 15.0. The van der Waals surface area contributed by atoms with Crippen LogP contribution in [0.2, 0.25) is 0 Å². The lowest BCUT2D eigenvalue weighted by Gasteiger charge is -2.01. The van der Waals surface area contributed by atoms with Crippen LogP contribution >= 0.6 is 34.4 Å². The molecule has 0 saturated heterocycles. The Morgan fingerprint density at radius 1 is 1.39 bits per heavy atom. The van der Waals surface area contributed by atoms with E-state index in [2.05, 4.69) is 20.5 Å². The summed E-state index contributed by atoms with van der Waals surface area (Å²) in [7, 11) is 0. The number of hydrogen-bond donors (Lipinski definition) is 1. The van der Waals surface area contributed by atoms with Crippen molar-refractivity contribution >= 4 is 40.3 Å². The van der Waals surface area contributed by atoms with E-state index in [4.69, 9.17) is 4.42 Å². The van der Waals surface area contributed by atoms with Crippen LogP contribution in [0.4, 0.5) is 0 Å². The van der Waals surface area contributed by atoms with Crippen molar-refractivity contribution in [1.82, 2.24) is 20.5 Å². The van der Waals surface area contributed by atoms with Gasteiger partial charge in [0, 0.05) is 4.88 Å². The van der Waals surface area contributed by atoms with Gasteiger partial charge in [0.15, 0.2) is 0 Å². The van der Waals surface area contributed by atoms with Crippen LogP contribution in [0.1, 0.15) is 15.6 Å². The van der Waals surface area contributed by atoms with Gasteiger partial charge in [0.05, 0.1) is 23.0 Å². The second-order valence-corrected chi connectivity index (χ2v) is 7.83. The minimum Gasteiger partial charge on any atom is -0.410 e. The maximum absolute atomic E-state index is 11.8. The van der Waals surface area contributed by atoms with Gasteiger partial charge in [0.1, 0.15) is 4.88 Å². The lowest BCUT2D eigenvalue weighted by Crippen LogP contribution is -2.24. The number of carbonyl (C=O) groups is 1. The van der Waals surface area contributed by atoms with E-state index >= 15 is 0 Å². The zero-order chi connectivity index (χ0) is 16.2. The highest BCUT2D eigenvalue weighted by Gasteiger charge is 2.15. The van der Waals surface area contributed by atoms with Crippen LogP contribution < -0.4 is 5.32 Å². The average molecular weight is 366 g/mol. The number of nitrogens with zero attached hydrogens (tertiary/aromatic N) is 3. The Hall–Kier alpha value is -1.71. The molecule has 0 aromatic carbocycles. The summed E-state index contributed by atoms with van der Waals surface area (Å²) in [6.45, 7) is 4.39. The highest BCUT2D eigenvalue weighted by Crippen LogP contribution is 2.30. The summed E-state index contributed by atoms with van der Waals surface area (Å²) in [5, 5.41) is 14.2. The van der Waals surface area contributed by atoms with Crippen LogP contribution in [0, 0.1) is 13.8 Å². The number of rotatable bonds is 6. The predicted molar refractivity (Wildman–Crippen MR) is 91.8 cm³/mol. The van der Waals surface area contributed by atoms with Gasteiger partial charge in [0.25, 0.3) is 11.1 Å². The van der Waals surface area contributed by atoms with Gasteiger partial charge in [-0.05, 0) is 25.3 Å². The van der Waals surface area contributed by atoms with E-state index in [0.29, 0.717) is 17.7 Å². The molecule has 0 aliphatic heterocycles. The maximum Gasteiger partial charge on any atom is 0.277 e. The molecule has 3 aromatic rings. The lowest BCUT2D eigenvalue weighted by molar-refractivity contribution is -0.118. The molecule has 0 unspecified atom stereocenters. The topological polar surface area (TPSA) is 80.9 Å². The van der Waals surface area contributed by atoms with Gasteiger partial charge in [-0.2, -0.15) is 0 Å². The van der Waals surface area contributed by atoms with Crippen molar-refractivity contribution in [3.63, 3.8) is 0 Å². The SMILES string of the molecule is Cc1nc(C)c(-c2nnc(SCC(=O)NCc3cccs3)o2)s1. The number of thioether (sulfide) groups is 1. The number of carbonyl (C=O) groups excluding carboxylic acids is 1. The first-order valence-corrected chi connectivity index (χ1v) is 9.50. The molecule has 3 heterocycles. The molecule has 120 valence electrons. The monoisotopic (exact) mass is 366 g/mol. The molecule has 0 radical (unpaired) electrons. The molecule has 3 aromatic heterocycles. The Morgan fingerprint density at radius 3 is 2.96 bits per heavy atom. The van der Waals surface area contributed by atoms with E-state index in [1.165, 1.54) is 23.1 Å². The van der Waals surface area contributed by atoms with Crippen LogP contribution in [0.3, 0.4) is 0 Å². The van der Waals surface area contributed by atoms with Crippen molar-refractivity contribution in [3.8, 4) is 10.8 Å². The fourth-order valence-corrected chi connectivity index (χ4v) is 3.95. The first-order valence-electron chi connectivity index (χ1n) is 6.81. The summed E-state index contributed by atoms with van der Waals surface area (Å²) in [5.41, 5.74) is 0.876. The van der Waals surface area contributed by atoms with Gasteiger partial charge in [0.2, 0.25) is 5.91 Å². The highest BCUT2D eigenvalue weighted by atomic mass is 32.2. The lowest BCUT2D eigenvalue weighted by atomic mass is 10.4. The van der Waals surface area contributed by atoms with E-state index in [-0.39, 0.29) is 11.7 Å². The molecule has 0 bridgehead atoms. The zero-order valence-electron chi connectivity index (χ0n) is 12.5. The van der Waals surface area contributed by atoms with Crippen LogP contribution in [0.5, 0.6) is 0 Å². The van der Waals surface area contributed by atoms with Crippen LogP contribution in [0.15, 0.2) is 27.2 Å². The first-order chi connectivity index (χ1) is 11.1. The molecule has 3 rings (SSSR count). The fourth-order valence-electron chi connectivity index (χ4n) is 1.87. The van der Waals surface area contributed by atoms with E-state index in [0.717, 1.165) is 20.5 Å². The minimum absolute atomic E-state index is 0.0621. The molecule has 1 amide bonds. The van der Waals surface area contributed by atoms with Crippen molar-refractivity contribution in [2.75, 3.05) is 5.75 Å². The van der Waals surface area contributed by atoms with E-state index in [9.17, 15) is 4.79 Å². The number of aromatic nitrogens is 3. The molecule has 6 nitrogen and oxygen atoms in total. The number of nitrogens with one attached hydrogen (secondary N) is 1. The summed E-state index contributed by atoms with van der Waals surface area (Å²) in [6.07, 6.45) is 0. The van der Waals surface area contributed by atoms with Gasteiger partial charge >= 0.3 is 0 Å². The second-order valence-electron chi connectivity index (χ2n) is 4.67. The van der Waals surface area contributed by atoms with Crippen LogP contribution in [0.25, 0.3) is 10.8 Å². The molecule has 0 atom stereocenters. The van der Waals surface area contributed by atoms with Gasteiger partial charge in [-0.15, -0.1) is 32.9 Å². The first kappa shape index (κ1) is 16.2. The van der Waals surface area contributed by atoms with E-state index < -0.39 is 0 Å². The largest absolute Gasteiger partial charge is 0.410 e. The molecular weight excluding hydrogens is 352 g/mol. The Bertz CT molecular complexity index is 795. The standard InChI is InChI=1S/C14H14N4O2S3/c1-8-12(23-9(2)16-8)13-17-18-14(20-13)22-7-11(19)15-6-10-4-3-5-21-10/h3-5H,6-7H2,1-2H3,(H,15,19). The molecule has 23 heavy (non-hydrogen) atoms. The summed E-state index contributed by atoms with van der Waals surface area (Å²) < 4.78 is 5.60. The molecule has 0 fully saturated rings. The molecule has 0 saturated carbocycles. The Kier molecular flexibility index (Phi) is 5.09. The Balaban J connectivity index is 1.53. The summed E-state index contributed by atoms with van der Waals surface area (Å²) >= 11 is 4.36. The quantitative estimate of drug-likeness (QED) is 0.674. The number of amides is 1. The number of thiophene rings is 1. The van der Waals surface area contributed by atoms with Crippen molar-refractivity contribution in [2.24, 2.45) is 0 Å². The average Bonchev–Trinajstić information content (AvgIpc) is 3.24.